The molecular formula is C45H33N3S. The topological polar surface area (TPSA) is 29.3 Å². The van der Waals surface area contributed by atoms with Crippen molar-refractivity contribution in [3.63, 3.8) is 0 Å². The monoisotopic (exact) mass is 647 g/mol. The molecule has 0 bridgehead atoms. The SMILES string of the molecule is CC1CC=Cc2sc3c4ccccc4c4c5ccccc5n(C5=NC(c6cccc(-c7ccccc7)c6)=CC(c6ccccc6)N5)c4c3c21. The van der Waals surface area contributed by atoms with E-state index in [2.05, 4.69) is 168 Å². The van der Waals surface area contributed by atoms with Crippen molar-refractivity contribution in [3.05, 3.63) is 167 Å². The maximum Gasteiger partial charge on any atom is 0.209 e. The lowest BCUT2D eigenvalue weighted by Crippen LogP contribution is -2.35. The molecule has 2 atom stereocenters. The Hall–Kier alpha value is -5.71. The van der Waals surface area contributed by atoms with Crippen molar-refractivity contribution in [1.82, 2.24) is 9.88 Å². The second-order valence-electron chi connectivity index (χ2n) is 13.2. The lowest BCUT2D eigenvalue weighted by atomic mass is 9.89. The molecule has 0 fully saturated rings. The van der Waals surface area contributed by atoms with Gasteiger partial charge >= 0.3 is 0 Å². The minimum Gasteiger partial charge on any atom is -0.345 e. The molecule has 6 aromatic carbocycles. The predicted molar refractivity (Wildman–Crippen MR) is 209 cm³/mol. The molecule has 0 saturated heterocycles. The molecule has 8 aromatic rings. The van der Waals surface area contributed by atoms with Gasteiger partial charge in [-0.3, -0.25) is 4.57 Å². The van der Waals surface area contributed by atoms with Gasteiger partial charge in [0.25, 0.3) is 0 Å². The molecule has 234 valence electrons. The van der Waals surface area contributed by atoms with Gasteiger partial charge in [-0.15, -0.1) is 11.3 Å². The number of nitrogens with one attached hydrogen (secondary N) is 1. The Labute approximate surface area is 289 Å². The number of hydrogen-bond donors (Lipinski definition) is 1. The highest BCUT2D eigenvalue weighted by Crippen LogP contribution is 2.50. The van der Waals surface area contributed by atoms with Crippen molar-refractivity contribution in [1.29, 1.82) is 0 Å². The number of thiophene rings is 1. The molecule has 1 N–H and O–H groups in total. The van der Waals surface area contributed by atoms with Gasteiger partial charge < -0.3 is 5.32 Å². The maximum atomic E-state index is 5.53. The molecule has 49 heavy (non-hydrogen) atoms. The van der Waals surface area contributed by atoms with E-state index in [0.717, 1.165) is 29.2 Å². The predicted octanol–water partition coefficient (Wildman–Crippen LogP) is 11.9. The summed E-state index contributed by atoms with van der Waals surface area (Å²) < 4.78 is 3.79. The van der Waals surface area contributed by atoms with Crippen LogP contribution in [0.3, 0.4) is 0 Å². The summed E-state index contributed by atoms with van der Waals surface area (Å²) >= 11 is 1.94. The molecule has 2 unspecified atom stereocenters. The summed E-state index contributed by atoms with van der Waals surface area (Å²) in [5.74, 6) is 1.28. The van der Waals surface area contributed by atoms with Gasteiger partial charge in [0.05, 0.1) is 22.8 Å². The van der Waals surface area contributed by atoms with Gasteiger partial charge in [-0.05, 0) is 64.3 Å². The molecular weight excluding hydrogens is 615 g/mol. The Balaban J connectivity index is 1.30. The summed E-state index contributed by atoms with van der Waals surface area (Å²) in [6.07, 6.45) is 8.01. The molecule has 2 aromatic heterocycles. The van der Waals surface area contributed by atoms with E-state index in [0.29, 0.717) is 5.92 Å². The van der Waals surface area contributed by atoms with Gasteiger partial charge in [0.2, 0.25) is 5.96 Å². The fraction of sp³-hybridized carbons (Fsp3) is 0.0889. The minimum absolute atomic E-state index is 0.0607. The van der Waals surface area contributed by atoms with E-state index in [4.69, 9.17) is 4.99 Å². The fourth-order valence-corrected chi connectivity index (χ4v) is 9.38. The van der Waals surface area contributed by atoms with E-state index < -0.39 is 0 Å². The number of benzene rings is 6. The van der Waals surface area contributed by atoms with Crippen molar-refractivity contribution < 1.29 is 0 Å². The van der Waals surface area contributed by atoms with E-state index in [1.165, 1.54) is 64.3 Å². The molecule has 1 aliphatic heterocycles. The zero-order valence-electron chi connectivity index (χ0n) is 27.1. The third kappa shape index (κ3) is 4.44. The molecule has 0 radical (unpaired) electrons. The van der Waals surface area contributed by atoms with Crippen LogP contribution in [0.4, 0.5) is 0 Å². The average Bonchev–Trinajstić information content (AvgIpc) is 3.73. The van der Waals surface area contributed by atoms with Gasteiger partial charge in [-0.2, -0.15) is 0 Å². The van der Waals surface area contributed by atoms with Crippen LogP contribution in [0.15, 0.2) is 151 Å². The quantitative estimate of drug-likeness (QED) is 0.203. The highest BCUT2D eigenvalue weighted by molar-refractivity contribution is 7.21. The second kappa shape index (κ2) is 11.2. The zero-order valence-corrected chi connectivity index (χ0v) is 27.9. The van der Waals surface area contributed by atoms with Crippen LogP contribution in [0.2, 0.25) is 0 Å². The van der Waals surface area contributed by atoms with E-state index in [1.54, 1.807) is 0 Å². The molecule has 0 amide bonds. The van der Waals surface area contributed by atoms with Crippen molar-refractivity contribution in [2.45, 2.75) is 25.3 Å². The highest BCUT2D eigenvalue weighted by Gasteiger charge is 2.29. The van der Waals surface area contributed by atoms with Crippen LogP contribution < -0.4 is 5.32 Å². The normalized spacial score (nSPS) is 17.3. The van der Waals surface area contributed by atoms with E-state index in [1.807, 2.05) is 11.3 Å². The van der Waals surface area contributed by atoms with Crippen LogP contribution in [-0.4, -0.2) is 10.5 Å². The molecule has 0 saturated carbocycles. The first kappa shape index (κ1) is 28.3. The first-order chi connectivity index (χ1) is 24.2. The summed E-state index contributed by atoms with van der Waals surface area (Å²) in [6, 6.07) is 47.9. The number of allylic oxidation sites excluding steroid dienone is 1. The second-order valence-corrected chi connectivity index (χ2v) is 14.3. The third-order valence-corrected chi connectivity index (χ3v) is 11.5. The Bertz CT molecular complexity index is 2670. The number of aliphatic imine (C=N–C) groups is 1. The number of hydrogen-bond acceptors (Lipinski definition) is 3. The number of rotatable bonds is 3. The molecule has 3 nitrogen and oxygen atoms in total. The summed E-state index contributed by atoms with van der Waals surface area (Å²) in [5.41, 5.74) is 9.52. The Morgan fingerprint density at radius 1 is 0.694 bits per heavy atom. The standard InChI is InChI=1S/C45H33N3S/c1-28-14-12-25-39-40(28)42-43-41(33-21-8-9-22-34(33)44(42)49-39)35-23-10-11-24-38(35)48(43)45-46-36(30-17-6-3-7-18-30)27-37(47-45)32-20-13-19-31(26-32)29-15-4-2-5-16-29/h2-13,15-28,36H,14H2,1H3,(H,46,47). The van der Waals surface area contributed by atoms with Gasteiger partial charge in [-0.1, -0.05) is 134 Å². The first-order valence-corrected chi connectivity index (χ1v) is 17.9. The van der Waals surface area contributed by atoms with Crippen LogP contribution in [0, 0.1) is 0 Å². The zero-order chi connectivity index (χ0) is 32.5. The highest BCUT2D eigenvalue weighted by atomic mass is 32.1. The Kier molecular flexibility index (Phi) is 6.46. The van der Waals surface area contributed by atoms with Crippen LogP contribution in [0.5, 0.6) is 0 Å². The minimum atomic E-state index is -0.0607. The lowest BCUT2D eigenvalue weighted by molar-refractivity contribution is 0.760. The van der Waals surface area contributed by atoms with E-state index in [9.17, 15) is 0 Å². The number of aromatic nitrogens is 1. The number of nitrogens with zero attached hydrogens (tertiary/aromatic N) is 2. The van der Waals surface area contributed by atoms with Gasteiger partial charge in [0, 0.05) is 36.7 Å². The van der Waals surface area contributed by atoms with Crippen molar-refractivity contribution in [3.8, 4) is 11.1 Å². The van der Waals surface area contributed by atoms with Crippen molar-refractivity contribution in [2.24, 2.45) is 4.99 Å². The largest absolute Gasteiger partial charge is 0.345 e. The average molecular weight is 648 g/mol. The smallest absolute Gasteiger partial charge is 0.209 e. The van der Waals surface area contributed by atoms with Crippen molar-refractivity contribution in [2.75, 3.05) is 0 Å². The van der Waals surface area contributed by atoms with E-state index in [-0.39, 0.29) is 6.04 Å². The molecule has 10 rings (SSSR count). The molecule has 4 heteroatoms. The van der Waals surface area contributed by atoms with Crippen LogP contribution in [0.25, 0.3) is 65.6 Å². The Morgan fingerprint density at radius 2 is 1.39 bits per heavy atom. The third-order valence-electron chi connectivity index (χ3n) is 10.2. The summed E-state index contributed by atoms with van der Waals surface area (Å²) in [6.45, 7) is 2.38. The Morgan fingerprint density at radius 3 is 2.22 bits per heavy atom. The number of para-hydroxylation sites is 1. The molecule has 3 heterocycles. The summed E-state index contributed by atoms with van der Waals surface area (Å²) in [5, 5.41) is 10.4. The van der Waals surface area contributed by atoms with Crippen LogP contribution >= 0.6 is 11.3 Å². The van der Waals surface area contributed by atoms with E-state index >= 15 is 0 Å². The summed E-state index contributed by atoms with van der Waals surface area (Å²) in [4.78, 5) is 6.90. The molecule has 2 aliphatic rings. The molecule has 1 aliphatic carbocycles. The lowest BCUT2D eigenvalue weighted by Gasteiger charge is -2.26. The molecule has 0 spiro atoms. The first-order valence-electron chi connectivity index (χ1n) is 17.1. The maximum absolute atomic E-state index is 5.53. The van der Waals surface area contributed by atoms with Gasteiger partial charge in [0.1, 0.15) is 0 Å². The van der Waals surface area contributed by atoms with Crippen molar-refractivity contribution >= 4 is 71.7 Å². The summed E-state index contributed by atoms with van der Waals surface area (Å²) in [7, 11) is 0. The van der Waals surface area contributed by atoms with Crippen LogP contribution in [-0.2, 0) is 0 Å². The fourth-order valence-electron chi connectivity index (χ4n) is 7.99. The number of fused-ring (bicyclic) bond motifs is 10. The van der Waals surface area contributed by atoms with Gasteiger partial charge in [0.15, 0.2) is 0 Å². The van der Waals surface area contributed by atoms with Crippen LogP contribution in [0.1, 0.15) is 46.9 Å². The van der Waals surface area contributed by atoms with Gasteiger partial charge in [-0.25, -0.2) is 4.99 Å².